The second kappa shape index (κ2) is 7.89. The Morgan fingerprint density at radius 3 is 2.88 bits per heavy atom. The smallest absolute Gasteiger partial charge is 0.243 e. The highest BCUT2D eigenvalue weighted by Gasteiger charge is 2.09. The molecule has 0 saturated carbocycles. The highest BCUT2D eigenvalue weighted by molar-refractivity contribution is 7.08. The number of nitrogens with one attached hydrogen (secondary N) is 1. The molecule has 7 nitrogen and oxygen atoms in total. The molecular weight excluding hydrogens is 350 g/mol. The third-order valence-electron chi connectivity index (χ3n) is 3.02. The molecule has 0 saturated heterocycles. The van der Waals surface area contributed by atoms with Gasteiger partial charge in [0.05, 0.1) is 6.54 Å². The average Bonchev–Trinajstić information content (AvgIpc) is 3.24. The third-order valence-corrected chi connectivity index (χ3v) is 3.96. The van der Waals surface area contributed by atoms with E-state index in [9.17, 15) is 4.79 Å². The first-order valence-corrected chi connectivity index (χ1v) is 8.48. The molecule has 0 aliphatic carbocycles. The molecule has 0 aliphatic heterocycles. The van der Waals surface area contributed by atoms with Crippen molar-refractivity contribution >= 4 is 28.8 Å². The minimum absolute atomic E-state index is 0.0120. The molecule has 9 heteroatoms. The number of carbonyl (C=O) groups excluding carboxylic acids is 1. The number of aromatic nitrogens is 4. The average molecular weight is 364 g/mol. The Bertz CT molecular complexity index is 789. The lowest BCUT2D eigenvalue weighted by Gasteiger charge is -2.07. The van der Waals surface area contributed by atoms with Gasteiger partial charge in [-0.1, -0.05) is 11.6 Å². The van der Waals surface area contributed by atoms with E-state index in [1.54, 1.807) is 35.6 Å². The number of tetrazole rings is 1. The Labute approximate surface area is 147 Å². The number of rotatable bonds is 7. The number of halogens is 1. The lowest BCUT2D eigenvalue weighted by atomic mass is 10.3. The van der Waals surface area contributed by atoms with E-state index in [0.717, 1.165) is 5.56 Å². The molecule has 0 aliphatic rings. The van der Waals surface area contributed by atoms with Gasteiger partial charge in [-0.05, 0) is 40.9 Å². The Balaban J connectivity index is 1.40. The monoisotopic (exact) mass is 363 g/mol. The number of hydrogen-bond donors (Lipinski definition) is 1. The number of amides is 1. The molecular formula is C15H14ClN5O2S. The summed E-state index contributed by atoms with van der Waals surface area (Å²) in [4.78, 5) is 13.1. The van der Waals surface area contributed by atoms with Crippen LogP contribution < -0.4 is 10.1 Å². The van der Waals surface area contributed by atoms with Gasteiger partial charge in [0.2, 0.25) is 11.7 Å². The van der Waals surface area contributed by atoms with Crippen molar-refractivity contribution in [3.63, 3.8) is 0 Å². The zero-order chi connectivity index (χ0) is 16.8. The summed E-state index contributed by atoms with van der Waals surface area (Å²) >= 11 is 7.35. The van der Waals surface area contributed by atoms with E-state index in [2.05, 4.69) is 20.7 Å². The summed E-state index contributed by atoms with van der Waals surface area (Å²) in [5, 5.41) is 19.2. The van der Waals surface area contributed by atoms with Gasteiger partial charge in [-0.15, -0.1) is 10.2 Å². The molecule has 3 aromatic rings. The molecule has 124 valence electrons. The quantitative estimate of drug-likeness (QED) is 0.651. The SMILES string of the molecule is O=C(Cn1nnc(-c2ccsc2)n1)NCCOc1ccc(Cl)cc1. The molecule has 0 atom stereocenters. The van der Waals surface area contributed by atoms with Crippen LogP contribution in [0.1, 0.15) is 0 Å². The van der Waals surface area contributed by atoms with E-state index in [1.807, 2.05) is 16.8 Å². The Morgan fingerprint density at radius 1 is 1.29 bits per heavy atom. The number of hydrogen-bond acceptors (Lipinski definition) is 6. The van der Waals surface area contributed by atoms with Crippen LogP contribution >= 0.6 is 22.9 Å². The Hall–Kier alpha value is -2.45. The maximum absolute atomic E-state index is 11.9. The van der Waals surface area contributed by atoms with Crippen molar-refractivity contribution in [2.75, 3.05) is 13.2 Å². The van der Waals surface area contributed by atoms with Crippen LogP contribution in [0.2, 0.25) is 5.02 Å². The van der Waals surface area contributed by atoms with E-state index >= 15 is 0 Å². The van der Waals surface area contributed by atoms with E-state index in [0.29, 0.717) is 29.7 Å². The Morgan fingerprint density at radius 2 is 2.12 bits per heavy atom. The van der Waals surface area contributed by atoms with Gasteiger partial charge in [-0.25, -0.2) is 0 Å². The van der Waals surface area contributed by atoms with Crippen molar-refractivity contribution in [3.05, 3.63) is 46.1 Å². The summed E-state index contributed by atoms with van der Waals surface area (Å²) in [6.07, 6.45) is 0. The number of carbonyl (C=O) groups is 1. The molecule has 0 fully saturated rings. The first-order chi connectivity index (χ1) is 11.7. The van der Waals surface area contributed by atoms with Crippen LogP contribution in [0, 0.1) is 0 Å². The second-order valence-corrected chi connectivity index (χ2v) is 6.02. The summed E-state index contributed by atoms with van der Waals surface area (Å²) in [6, 6.07) is 8.94. The highest BCUT2D eigenvalue weighted by atomic mass is 35.5. The van der Waals surface area contributed by atoms with E-state index < -0.39 is 0 Å². The van der Waals surface area contributed by atoms with Crippen LogP contribution in [0.5, 0.6) is 5.75 Å². The van der Waals surface area contributed by atoms with Crippen molar-refractivity contribution in [2.24, 2.45) is 0 Å². The number of thiophene rings is 1. The second-order valence-electron chi connectivity index (χ2n) is 4.81. The molecule has 1 N–H and O–H groups in total. The van der Waals surface area contributed by atoms with Crippen molar-refractivity contribution in [1.82, 2.24) is 25.5 Å². The summed E-state index contributed by atoms with van der Waals surface area (Å²) < 4.78 is 5.49. The Kier molecular flexibility index (Phi) is 5.39. The van der Waals surface area contributed by atoms with Crippen LogP contribution in [0.4, 0.5) is 0 Å². The summed E-state index contributed by atoms with van der Waals surface area (Å²) in [5.74, 6) is 1.01. The fourth-order valence-electron chi connectivity index (χ4n) is 1.89. The van der Waals surface area contributed by atoms with Crippen LogP contribution in [0.15, 0.2) is 41.1 Å². The lowest BCUT2D eigenvalue weighted by Crippen LogP contribution is -2.31. The van der Waals surface area contributed by atoms with E-state index in [-0.39, 0.29) is 12.5 Å². The highest BCUT2D eigenvalue weighted by Crippen LogP contribution is 2.16. The van der Waals surface area contributed by atoms with Gasteiger partial charge in [0.1, 0.15) is 18.9 Å². The lowest BCUT2D eigenvalue weighted by molar-refractivity contribution is -0.122. The molecule has 2 heterocycles. The van der Waals surface area contributed by atoms with Gasteiger partial charge in [0.15, 0.2) is 0 Å². The minimum atomic E-state index is -0.205. The van der Waals surface area contributed by atoms with Crippen LogP contribution in [0.3, 0.4) is 0 Å². The molecule has 0 unspecified atom stereocenters. The van der Waals surface area contributed by atoms with Gasteiger partial charge in [-0.3, -0.25) is 4.79 Å². The maximum atomic E-state index is 11.9. The van der Waals surface area contributed by atoms with Gasteiger partial charge in [-0.2, -0.15) is 16.1 Å². The number of ether oxygens (including phenoxy) is 1. The van der Waals surface area contributed by atoms with E-state index in [1.165, 1.54) is 4.80 Å². The van der Waals surface area contributed by atoms with Gasteiger partial charge >= 0.3 is 0 Å². The minimum Gasteiger partial charge on any atom is -0.492 e. The topological polar surface area (TPSA) is 81.9 Å². The summed E-state index contributed by atoms with van der Waals surface area (Å²) in [6.45, 7) is 0.754. The molecule has 0 radical (unpaired) electrons. The molecule has 0 bridgehead atoms. The molecule has 2 aromatic heterocycles. The number of nitrogens with zero attached hydrogens (tertiary/aromatic N) is 4. The van der Waals surface area contributed by atoms with Crippen molar-refractivity contribution in [2.45, 2.75) is 6.54 Å². The maximum Gasteiger partial charge on any atom is 0.243 e. The first-order valence-electron chi connectivity index (χ1n) is 7.16. The molecule has 1 aromatic carbocycles. The first kappa shape index (κ1) is 16.4. The van der Waals surface area contributed by atoms with Gasteiger partial charge in [0.25, 0.3) is 0 Å². The van der Waals surface area contributed by atoms with E-state index in [4.69, 9.17) is 16.3 Å². The summed E-state index contributed by atoms with van der Waals surface area (Å²) in [7, 11) is 0. The van der Waals surface area contributed by atoms with Crippen LogP contribution in [0.25, 0.3) is 11.4 Å². The predicted molar refractivity (Wildman–Crippen MR) is 91.1 cm³/mol. The molecule has 1 amide bonds. The fourth-order valence-corrected chi connectivity index (χ4v) is 2.65. The van der Waals surface area contributed by atoms with Gasteiger partial charge in [0, 0.05) is 16.0 Å². The van der Waals surface area contributed by atoms with Crippen molar-refractivity contribution in [1.29, 1.82) is 0 Å². The standard InChI is InChI=1S/C15H14ClN5O2S/c16-12-1-3-13(4-2-12)23-7-6-17-14(22)9-21-19-15(18-20-21)11-5-8-24-10-11/h1-5,8,10H,6-7,9H2,(H,17,22). The predicted octanol–water partition coefficient (Wildman–Crippen LogP) is 2.25. The van der Waals surface area contributed by atoms with Crippen molar-refractivity contribution in [3.8, 4) is 17.1 Å². The number of benzene rings is 1. The van der Waals surface area contributed by atoms with Gasteiger partial charge < -0.3 is 10.1 Å². The molecule has 3 rings (SSSR count). The third kappa shape index (κ3) is 4.53. The zero-order valence-electron chi connectivity index (χ0n) is 12.6. The van der Waals surface area contributed by atoms with Crippen LogP contribution in [-0.4, -0.2) is 39.3 Å². The van der Waals surface area contributed by atoms with Crippen molar-refractivity contribution < 1.29 is 9.53 Å². The molecule has 24 heavy (non-hydrogen) atoms. The molecule has 0 spiro atoms. The normalized spacial score (nSPS) is 10.5. The zero-order valence-corrected chi connectivity index (χ0v) is 14.1. The largest absolute Gasteiger partial charge is 0.492 e. The van der Waals surface area contributed by atoms with Crippen LogP contribution in [-0.2, 0) is 11.3 Å². The fraction of sp³-hybridized carbons (Fsp3) is 0.200. The summed E-state index contributed by atoms with van der Waals surface area (Å²) in [5.41, 5.74) is 0.892.